The van der Waals surface area contributed by atoms with Crippen molar-refractivity contribution < 1.29 is 23.9 Å². The third-order valence-corrected chi connectivity index (χ3v) is 3.76. The number of imide groups is 1. The summed E-state index contributed by atoms with van der Waals surface area (Å²) in [6.45, 7) is 2.08. The number of nitrogens with one attached hydrogen (secondary N) is 1. The molecule has 126 valence electrons. The minimum atomic E-state index is -0.676. The molecular weight excluding hydrogens is 330 g/mol. The van der Waals surface area contributed by atoms with Crippen LogP contribution in [0.3, 0.4) is 0 Å². The fourth-order valence-corrected chi connectivity index (χ4v) is 2.37. The SMILES string of the molecule is CCCOc1ccc(C(=O)OCC(=O)NC(=O)c2cccs2)cc1. The second-order valence-corrected chi connectivity index (χ2v) is 5.75. The number of thiophene rings is 1. The summed E-state index contributed by atoms with van der Waals surface area (Å²) in [4.78, 5) is 35.6. The Kier molecular flexibility index (Phi) is 6.51. The molecule has 0 saturated heterocycles. The van der Waals surface area contributed by atoms with Crippen molar-refractivity contribution in [1.82, 2.24) is 5.32 Å². The van der Waals surface area contributed by atoms with E-state index < -0.39 is 24.4 Å². The van der Waals surface area contributed by atoms with Crippen molar-refractivity contribution >= 4 is 29.1 Å². The van der Waals surface area contributed by atoms with Gasteiger partial charge in [0.15, 0.2) is 6.61 Å². The van der Waals surface area contributed by atoms with Crippen molar-refractivity contribution in [3.05, 3.63) is 52.2 Å². The van der Waals surface area contributed by atoms with Gasteiger partial charge in [0, 0.05) is 0 Å². The first-order valence-corrected chi connectivity index (χ1v) is 8.25. The highest BCUT2D eigenvalue weighted by molar-refractivity contribution is 7.12. The molecule has 0 bridgehead atoms. The normalized spacial score (nSPS) is 10.0. The highest BCUT2D eigenvalue weighted by Gasteiger charge is 2.14. The molecule has 1 aromatic heterocycles. The van der Waals surface area contributed by atoms with Gasteiger partial charge >= 0.3 is 5.97 Å². The molecule has 6 nitrogen and oxygen atoms in total. The number of hydrogen-bond acceptors (Lipinski definition) is 6. The minimum absolute atomic E-state index is 0.302. The van der Waals surface area contributed by atoms with E-state index >= 15 is 0 Å². The minimum Gasteiger partial charge on any atom is -0.494 e. The van der Waals surface area contributed by atoms with Gasteiger partial charge in [-0.3, -0.25) is 14.9 Å². The van der Waals surface area contributed by atoms with Crippen molar-refractivity contribution in [2.75, 3.05) is 13.2 Å². The summed E-state index contributed by atoms with van der Waals surface area (Å²) < 4.78 is 10.3. The van der Waals surface area contributed by atoms with E-state index in [-0.39, 0.29) is 0 Å². The second kappa shape index (κ2) is 8.83. The molecule has 1 aromatic carbocycles. The molecule has 0 aliphatic carbocycles. The first kappa shape index (κ1) is 17.7. The lowest BCUT2D eigenvalue weighted by Crippen LogP contribution is -2.33. The van der Waals surface area contributed by atoms with E-state index in [9.17, 15) is 14.4 Å². The van der Waals surface area contributed by atoms with E-state index in [1.54, 1.807) is 41.8 Å². The number of esters is 1. The van der Waals surface area contributed by atoms with Crippen molar-refractivity contribution in [1.29, 1.82) is 0 Å². The summed E-state index contributed by atoms with van der Waals surface area (Å²) in [5, 5.41) is 3.89. The molecule has 0 saturated carbocycles. The van der Waals surface area contributed by atoms with Gasteiger partial charge in [-0.15, -0.1) is 11.3 Å². The Hall–Kier alpha value is -2.67. The molecular formula is C17H17NO5S. The molecule has 0 fully saturated rings. The summed E-state index contributed by atoms with van der Waals surface area (Å²) in [5.41, 5.74) is 0.302. The highest BCUT2D eigenvalue weighted by atomic mass is 32.1. The lowest BCUT2D eigenvalue weighted by Gasteiger charge is -2.07. The summed E-state index contributed by atoms with van der Waals surface area (Å²) in [5.74, 6) is -1.17. The number of rotatable bonds is 7. The van der Waals surface area contributed by atoms with Crippen LogP contribution in [-0.2, 0) is 9.53 Å². The lowest BCUT2D eigenvalue weighted by molar-refractivity contribution is -0.123. The predicted molar refractivity (Wildman–Crippen MR) is 89.3 cm³/mol. The summed E-state index contributed by atoms with van der Waals surface area (Å²) in [6, 6.07) is 9.74. The van der Waals surface area contributed by atoms with Crippen molar-refractivity contribution in [3.63, 3.8) is 0 Å². The Morgan fingerprint density at radius 2 is 1.88 bits per heavy atom. The van der Waals surface area contributed by atoms with Crippen LogP contribution in [0.25, 0.3) is 0 Å². The van der Waals surface area contributed by atoms with E-state index in [0.29, 0.717) is 22.8 Å². The fourth-order valence-electron chi connectivity index (χ4n) is 1.75. The summed E-state index contributed by atoms with van der Waals surface area (Å²) in [7, 11) is 0. The van der Waals surface area contributed by atoms with Crippen LogP contribution in [0.1, 0.15) is 33.4 Å². The molecule has 1 N–H and O–H groups in total. The zero-order valence-electron chi connectivity index (χ0n) is 13.1. The van der Waals surface area contributed by atoms with Gasteiger partial charge in [0.25, 0.3) is 11.8 Å². The molecule has 1 heterocycles. The first-order valence-electron chi connectivity index (χ1n) is 7.38. The molecule has 2 aromatic rings. The van der Waals surface area contributed by atoms with Gasteiger partial charge in [-0.25, -0.2) is 4.79 Å². The van der Waals surface area contributed by atoms with Crippen LogP contribution >= 0.6 is 11.3 Å². The Morgan fingerprint density at radius 1 is 1.12 bits per heavy atom. The molecule has 7 heteroatoms. The number of amides is 2. The maximum absolute atomic E-state index is 11.9. The average Bonchev–Trinajstić information content (AvgIpc) is 3.13. The van der Waals surface area contributed by atoms with Crippen LogP contribution in [0.5, 0.6) is 5.75 Å². The van der Waals surface area contributed by atoms with Crippen molar-refractivity contribution in [2.24, 2.45) is 0 Å². The van der Waals surface area contributed by atoms with Crippen molar-refractivity contribution in [3.8, 4) is 5.75 Å². The van der Waals surface area contributed by atoms with Crippen LogP contribution in [-0.4, -0.2) is 31.0 Å². The van der Waals surface area contributed by atoms with Crippen LogP contribution in [0, 0.1) is 0 Å². The Balaban J connectivity index is 1.79. The first-order chi connectivity index (χ1) is 11.6. The topological polar surface area (TPSA) is 81.7 Å². The fraction of sp³-hybridized carbons (Fsp3) is 0.235. The third kappa shape index (κ3) is 5.20. The zero-order valence-corrected chi connectivity index (χ0v) is 13.9. The van der Waals surface area contributed by atoms with E-state index in [2.05, 4.69) is 5.32 Å². The monoisotopic (exact) mass is 347 g/mol. The molecule has 0 aliphatic heterocycles. The number of carbonyl (C=O) groups excluding carboxylic acids is 3. The van der Waals surface area contributed by atoms with E-state index in [1.807, 2.05) is 6.92 Å². The Bertz CT molecular complexity index is 694. The van der Waals surface area contributed by atoms with E-state index in [4.69, 9.17) is 9.47 Å². The standard InChI is InChI=1S/C17H17NO5S/c1-2-9-22-13-7-5-12(6-8-13)17(21)23-11-15(19)18-16(20)14-4-3-10-24-14/h3-8,10H,2,9,11H2,1H3,(H,18,19,20). The summed E-state index contributed by atoms with van der Waals surface area (Å²) in [6.07, 6.45) is 0.892. The molecule has 0 radical (unpaired) electrons. The zero-order chi connectivity index (χ0) is 17.4. The van der Waals surface area contributed by atoms with Gasteiger partial charge < -0.3 is 9.47 Å². The second-order valence-electron chi connectivity index (χ2n) is 4.80. The number of carbonyl (C=O) groups is 3. The largest absolute Gasteiger partial charge is 0.494 e. The number of hydrogen-bond donors (Lipinski definition) is 1. The van der Waals surface area contributed by atoms with Gasteiger partial charge in [0.1, 0.15) is 5.75 Å². The van der Waals surface area contributed by atoms with Gasteiger partial charge in [-0.1, -0.05) is 13.0 Å². The van der Waals surface area contributed by atoms with Crippen molar-refractivity contribution in [2.45, 2.75) is 13.3 Å². The molecule has 0 spiro atoms. The van der Waals surface area contributed by atoms with Gasteiger partial charge in [-0.05, 0) is 42.1 Å². The van der Waals surface area contributed by atoms with Gasteiger partial charge in [-0.2, -0.15) is 0 Å². The number of ether oxygens (including phenoxy) is 2. The molecule has 0 atom stereocenters. The summed E-state index contributed by atoms with van der Waals surface area (Å²) >= 11 is 1.22. The molecule has 0 aliphatic rings. The van der Waals surface area contributed by atoms with Gasteiger partial charge in [0.2, 0.25) is 0 Å². The Labute approximate surface area is 143 Å². The number of benzene rings is 1. The molecule has 0 unspecified atom stereocenters. The average molecular weight is 347 g/mol. The lowest BCUT2D eigenvalue weighted by atomic mass is 10.2. The maximum Gasteiger partial charge on any atom is 0.338 e. The predicted octanol–water partition coefficient (Wildman–Crippen LogP) is 2.65. The highest BCUT2D eigenvalue weighted by Crippen LogP contribution is 2.13. The van der Waals surface area contributed by atoms with Crippen LogP contribution in [0.15, 0.2) is 41.8 Å². The molecule has 2 rings (SSSR count). The van der Waals surface area contributed by atoms with Crippen LogP contribution in [0.2, 0.25) is 0 Å². The smallest absolute Gasteiger partial charge is 0.338 e. The third-order valence-electron chi connectivity index (χ3n) is 2.90. The van der Waals surface area contributed by atoms with Crippen LogP contribution < -0.4 is 10.1 Å². The molecule has 24 heavy (non-hydrogen) atoms. The Morgan fingerprint density at radius 3 is 2.50 bits per heavy atom. The van der Waals surface area contributed by atoms with Crippen LogP contribution in [0.4, 0.5) is 0 Å². The van der Waals surface area contributed by atoms with Gasteiger partial charge in [0.05, 0.1) is 17.0 Å². The quantitative estimate of drug-likeness (QED) is 0.779. The van der Waals surface area contributed by atoms with E-state index in [0.717, 1.165) is 6.42 Å². The maximum atomic E-state index is 11.9. The van der Waals surface area contributed by atoms with E-state index in [1.165, 1.54) is 11.3 Å². The molecule has 2 amide bonds.